The Bertz CT molecular complexity index is 1130. The van der Waals surface area contributed by atoms with Gasteiger partial charge in [0.1, 0.15) is 11.5 Å². The van der Waals surface area contributed by atoms with Crippen LogP contribution in [-0.2, 0) is 6.18 Å². The summed E-state index contributed by atoms with van der Waals surface area (Å²) in [5.41, 5.74) is 0.505. The molecule has 0 aliphatic carbocycles. The molecule has 7 heteroatoms. The first-order valence-corrected chi connectivity index (χ1v) is 7.97. The molecule has 0 bridgehead atoms. The van der Waals surface area contributed by atoms with Gasteiger partial charge in [-0.15, -0.1) is 0 Å². The second kappa shape index (κ2) is 6.42. The highest BCUT2D eigenvalue weighted by Crippen LogP contribution is 2.35. The molecule has 4 rings (SSSR count). The maximum atomic E-state index is 15.2. The van der Waals surface area contributed by atoms with E-state index in [1.165, 1.54) is 12.3 Å². The number of aromatic nitrogens is 3. The standard InChI is InChI=1S/C20H11F4N3/c21-18-13(12-3-2-9-25-11-12)4-1-5-15(18)14-8-10-26-19-16(14)6-7-17(27-19)20(22,23)24/h1-11H. The van der Waals surface area contributed by atoms with Crippen LogP contribution in [0.2, 0.25) is 0 Å². The Hall–Kier alpha value is -3.35. The summed E-state index contributed by atoms with van der Waals surface area (Å²) >= 11 is 0. The van der Waals surface area contributed by atoms with Crippen LogP contribution in [0.1, 0.15) is 5.69 Å². The highest BCUT2D eigenvalue weighted by atomic mass is 19.4. The van der Waals surface area contributed by atoms with Gasteiger partial charge in [-0.2, -0.15) is 13.2 Å². The third-order valence-electron chi connectivity index (χ3n) is 4.16. The number of hydrogen-bond donors (Lipinski definition) is 0. The molecule has 0 atom stereocenters. The SMILES string of the molecule is Fc1c(-c2cccnc2)cccc1-c1ccnc2nc(C(F)(F)F)ccc12. The smallest absolute Gasteiger partial charge is 0.264 e. The third kappa shape index (κ3) is 3.12. The molecule has 0 aliphatic rings. The van der Waals surface area contributed by atoms with E-state index in [0.29, 0.717) is 22.1 Å². The Morgan fingerprint density at radius 2 is 1.59 bits per heavy atom. The lowest BCUT2D eigenvalue weighted by Crippen LogP contribution is -2.08. The van der Waals surface area contributed by atoms with Crippen molar-refractivity contribution >= 4 is 11.0 Å². The number of hydrogen-bond acceptors (Lipinski definition) is 3. The lowest BCUT2D eigenvalue weighted by molar-refractivity contribution is -0.141. The number of fused-ring (bicyclic) bond motifs is 1. The topological polar surface area (TPSA) is 38.7 Å². The third-order valence-corrected chi connectivity index (χ3v) is 4.16. The van der Waals surface area contributed by atoms with Crippen molar-refractivity contribution in [1.29, 1.82) is 0 Å². The van der Waals surface area contributed by atoms with E-state index < -0.39 is 17.7 Å². The Balaban J connectivity index is 1.91. The summed E-state index contributed by atoms with van der Waals surface area (Å²) in [6.07, 6.45) is -0.117. The zero-order chi connectivity index (χ0) is 19.0. The van der Waals surface area contributed by atoms with Crippen LogP contribution >= 0.6 is 0 Å². The second-order valence-electron chi connectivity index (χ2n) is 5.83. The van der Waals surface area contributed by atoms with Gasteiger partial charge in [0.2, 0.25) is 0 Å². The number of benzene rings is 1. The van der Waals surface area contributed by atoms with Crippen LogP contribution in [0.5, 0.6) is 0 Å². The lowest BCUT2D eigenvalue weighted by atomic mass is 9.97. The molecule has 0 fully saturated rings. The van der Waals surface area contributed by atoms with Crippen molar-refractivity contribution in [3.05, 3.63) is 78.6 Å². The number of nitrogens with zero attached hydrogens (tertiary/aromatic N) is 3. The predicted molar refractivity (Wildman–Crippen MR) is 93.2 cm³/mol. The van der Waals surface area contributed by atoms with Gasteiger partial charge in [0.05, 0.1) is 0 Å². The van der Waals surface area contributed by atoms with Crippen LogP contribution in [0, 0.1) is 5.82 Å². The lowest BCUT2D eigenvalue weighted by Gasteiger charge is -2.12. The van der Waals surface area contributed by atoms with E-state index in [-0.39, 0.29) is 11.2 Å². The molecule has 0 spiro atoms. The van der Waals surface area contributed by atoms with E-state index >= 15 is 4.39 Å². The van der Waals surface area contributed by atoms with Gasteiger partial charge in [0.15, 0.2) is 5.65 Å². The normalized spacial score (nSPS) is 11.7. The summed E-state index contributed by atoms with van der Waals surface area (Å²) in [7, 11) is 0. The van der Waals surface area contributed by atoms with Gasteiger partial charge in [0.25, 0.3) is 0 Å². The first-order chi connectivity index (χ1) is 12.9. The molecular weight excluding hydrogens is 358 g/mol. The number of rotatable bonds is 2. The highest BCUT2D eigenvalue weighted by Gasteiger charge is 2.32. The summed E-state index contributed by atoms with van der Waals surface area (Å²) < 4.78 is 53.9. The van der Waals surface area contributed by atoms with E-state index in [9.17, 15) is 13.2 Å². The Labute approximate surface area is 151 Å². The maximum absolute atomic E-state index is 15.2. The van der Waals surface area contributed by atoms with Crippen molar-refractivity contribution in [3.63, 3.8) is 0 Å². The van der Waals surface area contributed by atoms with Gasteiger partial charge < -0.3 is 0 Å². The molecule has 27 heavy (non-hydrogen) atoms. The van der Waals surface area contributed by atoms with Gasteiger partial charge in [-0.05, 0) is 29.8 Å². The fourth-order valence-electron chi connectivity index (χ4n) is 2.91. The van der Waals surface area contributed by atoms with Crippen molar-refractivity contribution in [2.45, 2.75) is 6.18 Å². The molecular formula is C20H11F4N3. The van der Waals surface area contributed by atoms with Crippen LogP contribution in [0.15, 0.2) is 67.1 Å². The fraction of sp³-hybridized carbons (Fsp3) is 0.0500. The molecule has 4 aromatic rings. The molecule has 0 unspecified atom stereocenters. The summed E-state index contributed by atoms with van der Waals surface area (Å²) in [5, 5.41) is 0.340. The van der Waals surface area contributed by atoms with E-state index in [4.69, 9.17) is 0 Å². The van der Waals surface area contributed by atoms with E-state index in [1.54, 1.807) is 48.8 Å². The Morgan fingerprint density at radius 1 is 0.778 bits per heavy atom. The molecule has 0 N–H and O–H groups in total. The fourth-order valence-corrected chi connectivity index (χ4v) is 2.91. The van der Waals surface area contributed by atoms with Crippen molar-refractivity contribution in [3.8, 4) is 22.3 Å². The molecule has 0 radical (unpaired) electrons. The van der Waals surface area contributed by atoms with Crippen LogP contribution in [-0.4, -0.2) is 15.0 Å². The van der Waals surface area contributed by atoms with E-state index in [1.807, 2.05) is 0 Å². The van der Waals surface area contributed by atoms with Gasteiger partial charge in [0, 0.05) is 40.7 Å². The minimum atomic E-state index is -4.57. The highest BCUT2D eigenvalue weighted by molar-refractivity contribution is 5.93. The van der Waals surface area contributed by atoms with Crippen molar-refractivity contribution in [2.24, 2.45) is 0 Å². The summed E-state index contributed by atoms with van der Waals surface area (Å²) in [4.78, 5) is 11.5. The zero-order valence-corrected chi connectivity index (χ0v) is 13.7. The Kier molecular flexibility index (Phi) is 4.07. The summed E-state index contributed by atoms with van der Waals surface area (Å²) in [5.74, 6) is -0.488. The predicted octanol–water partition coefficient (Wildman–Crippen LogP) is 5.52. The average Bonchev–Trinajstić information content (AvgIpc) is 2.67. The van der Waals surface area contributed by atoms with Crippen LogP contribution in [0.3, 0.4) is 0 Å². The zero-order valence-electron chi connectivity index (χ0n) is 13.7. The van der Waals surface area contributed by atoms with Gasteiger partial charge in [-0.3, -0.25) is 4.98 Å². The Morgan fingerprint density at radius 3 is 2.33 bits per heavy atom. The summed E-state index contributed by atoms with van der Waals surface area (Å²) in [6.45, 7) is 0. The van der Waals surface area contributed by atoms with Crippen LogP contribution < -0.4 is 0 Å². The van der Waals surface area contributed by atoms with E-state index in [2.05, 4.69) is 15.0 Å². The molecule has 3 heterocycles. The van der Waals surface area contributed by atoms with Crippen LogP contribution in [0.4, 0.5) is 17.6 Å². The molecule has 0 saturated carbocycles. The van der Waals surface area contributed by atoms with Gasteiger partial charge in [-0.25, -0.2) is 14.4 Å². The monoisotopic (exact) mass is 369 g/mol. The van der Waals surface area contributed by atoms with Crippen molar-refractivity contribution in [2.75, 3.05) is 0 Å². The van der Waals surface area contributed by atoms with Gasteiger partial charge in [-0.1, -0.05) is 24.3 Å². The molecule has 0 amide bonds. The maximum Gasteiger partial charge on any atom is 0.433 e. The first kappa shape index (κ1) is 17.1. The largest absolute Gasteiger partial charge is 0.433 e. The molecule has 0 aliphatic heterocycles. The quantitative estimate of drug-likeness (QED) is 0.437. The minimum absolute atomic E-state index is 0.0893. The minimum Gasteiger partial charge on any atom is -0.264 e. The average molecular weight is 369 g/mol. The van der Waals surface area contributed by atoms with Crippen molar-refractivity contribution in [1.82, 2.24) is 15.0 Å². The number of halogens is 4. The molecule has 134 valence electrons. The number of alkyl halides is 3. The first-order valence-electron chi connectivity index (χ1n) is 7.97. The van der Waals surface area contributed by atoms with Crippen molar-refractivity contribution < 1.29 is 17.6 Å². The molecule has 3 nitrogen and oxygen atoms in total. The second-order valence-corrected chi connectivity index (χ2v) is 5.83. The van der Waals surface area contributed by atoms with Crippen LogP contribution in [0.25, 0.3) is 33.3 Å². The van der Waals surface area contributed by atoms with Gasteiger partial charge >= 0.3 is 6.18 Å². The molecule has 3 aromatic heterocycles. The molecule has 0 saturated heterocycles. The summed E-state index contributed by atoms with van der Waals surface area (Å²) in [6, 6.07) is 12.0. The number of pyridine rings is 3. The molecule has 1 aromatic carbocycles. The van der Waals surface area contributed by atoms with E-state index in [0.717, 1.165) is 6.07 Å².